The summed E-state index contributed by atoms with van der Waals surface area (Å²) >= 11 is 0. The van der Waals surface area contributed by atoms with E-state index in [0.29, 0.717) is 32.9 Å². The van der Waals surface area contributed by atoms with Gasteiger partial charge in [0.1, 0.15) is 0 Å². The maximum Gasteiger partial charge on any atom is 0.231 e. The van der Waals surface area contributed by atoms with E-state index in [0.717, 1.165) is 6.29 Å². The number of aldehydes is 1. The number of carbonyl (C=O) groups excluding carboxylic acids is 1. The van der Waals surface area contributed by atoms with Crippen molar-refractivity contribution in [1.29, 1.82) is 0 Å². The Morgan fingerprint density at radius 1 is 1.09 bits per heavy atom. The van der Waals surface area contributed by atoms with Gasteiger partial charge in [-0.2, -0.15) is 0 Å². The van der Waals surface area contributed by atoms with Crippen molar-refractivity contribution in [2.24, 2.45) is 0 Å². The molecule has 2 aromatic carbocycles. The molecule has 0 N–H and O–H groups in total. The first-order chi connectivity index (χ1) is 10.8. The molecule has 110 valence electrons. The highest BCUT2D eigenvalue weighted by molar-refractivity contribution is 7.83. The molecule has 5 nitrogen and oxygen atoms in total. The number of rotatable bonds is 3. The number of ether oxygens (including phenoxy) is 2. The fraction of sp³-hybridized carbons (Fsp3) is 0.0625. The van der Waals surface area contributed by atoms with Crippen LogP contribution in [0.5, 0.6) is 11.5 Å². The smallest absolute Gasteiger partial charge is 0.231 e. The summed E-state index contributed by atoms with van der Waals surface area (Å²) in [7, 11) is -1.44. The van der Waals surface area contributed by atoms with Gasteiger partial charge in [-0.25, -0.2) is 4.21 Å². The Bertz CT molecular complexity index is 901. The molecule has 0 spiro atoms. The Morgan fingerprint density at radius 3 is 2.55 bits per heavy atom. The Balaban J connectivity index is 1.94. The van der Waals surface area contributed by atoms with Crippen LogP contribution in [0.3, 0.4) is 0 Å². The first-order valence-corrected chi connectivity index (χ1v) is 7.76. The molecule has 0 bridgehead atoms. The van der Waals surface area contributed by atoms with E-state index in [9.17, 15) is 9.00 Å². The first kappa shape index (κ1) is 13.1. The molecule has 6 heteroatoms. The highest BCUT2D eigenvalue weighted by Crippen LogP contribution is 2.38. The first-order valence-electron chi connectivity index (χ1n) is 6.65. The van der Waals surface area contributed by atoms with Gasteiger partial charge in [-0.05, 0) is 18.2 Å². The third kappa shape index (κ3) is 1.92. The summed E-state index contributed by atoms with van der Waals surface area (Å²) in [5.74, 6) is 1.19. The van der Waals surface area contributed by atoms with Gasteiger partial charge in [-0.1, -0.05) is 18.2 Å². The van der Waals surface area contributed by atoms with Crippen LogP contribution < -0.4 is 9.47 Å². The zero-order valence-electron chi connectivity index (χ0n) is 11.4. The zero-order chi connectivity index (χ0) is 15.1. The normalized spacial score (nSPS) is 14.2. The van der Waals surface area contributed by atoms with E-state index < -0.39 is 11.0 Å². The molecule has 22 heavy (non-hydrogen) atoms. The van der Waals surface area contributed by atoms with E-state index in [1.165, 1.54) is 0 Å². The summed E-state index contributed by atoms with van der Waals surface area (Å²) in [5, 5.41) is 0.698. The number of fused-ring (bicyclic) bond motifs is 2. The Kier molecular flexibility index (Phi) is 2.97. The Labute approximate surface area is 128 Å². The van der Waals surface area contributed by atoms with Crippen molar-refractivity contribution < 1.29 is 18.5 Å². The Hall–Kier alpha value is -2.60. The quantitative estimate of drug-likeness (QED) is 0.698. The SMILES string of the molecule is O=Cc1cn(S(=O)c2ccccc2)c2cc3c(cc12)OCO3. The van der Waals surface area contributed by atoms with Gasteiger partial charge in [-0.15, -0.1) is 0 Å². The number of benzene rings is 2. The summed E-state index contributed by atoms with van der Waals surface area (Å²) in [6, 6.07) is 12.6. The fourth-order valence-corrected chi connectivity index (χ4v) is 3.65. The monoisotopic (exact) mass is 313 g/mol. The molecule has 0 fully saturated rings. The molecule has 0 saturated carbocycles. The van der Waals surface area contributed by atoms with E-state index in [2.05, 4.69) is 0 Å². The summed E-state index contributed by atoms with van der Waals surface area (Å²) in [4.78, 5) is 12.0. The lowest BCUT2D eigenvalue weighted by Gasteiger charge is -2.05. The second-order valence-electron chi connectivity index (χ2n) is 4.81. The molecular formula is C16H11NO4S. The van der Waals surface area contributed by atoms with Crippen LogP contribution in [-0.4, -0.2) is 21.3 Å². The van der Waals surface area contributed by atoms with Crippen LogP contribution >= 0.6 is 0 Å². The Morgan fingerprint density at radius 2 is 1.82 bits per heavy atom. The molecule has 2 heterocycles. The highest BCUT2D eigenvalue weighted by atomic mass is 32.2. The molecule has 1 unspecified atom stereocenters. The third-order valence-electron chi connectivity index (χ3n) is 3.55. The zero-order valence-corrected chi connectivity index (χ0v) is 12.2. The van der Waals surface area contributed by atoms with Crippen molar-refractivity contribution in [2.45, 2.75) is 4.90 Å². The lowest BCUT2D eigenvalue weighted by molar-refractivity contribution is 0.112. The summed E-state index contributed by atoms with van der Waals surface area (Å²) < 4.78 is 25.1. The van der Waals surface area contributed by atoms with Crippen LogP contribution in [0.15, 0.2) is 53.6 Å². The van der Waals surface area contributed by atoms with Crippen LogP contribution in [0.4, 0.5) is 0 Å². The summed E-state index contributed by atoms with van der Waals surface area (Å²) in [6.45, 7) is 0.153. The number of carbonyl (C=O) groups is 1. The predicted octanol–water partition coefficient (Wildman–Crippen LogP) is 2.75. The minimum absolute atomic E-state index is 0.153. The summed E-state index contributed by atoms with van der Waals surface area (Å²) in [5.41, 5.74) is 1.14. The van der Waals surface area contributed by atoms with E-state index >= 15 is 0 Å². The minimum atomic E-state index is -1.44. The topological polar surface area (TPSA) is 57.5 Å². The van der Waals surface area contributed by atoms with E-state index in [4.69, 9.17) is 9.47 Å². The number of nitrogens with zero attached hydrogens (tertiary/aromatic N) is 1. The van der Waals surface area contributed by atoms with Crippen molar-refractivity contribution in [3.8, 4) is 11.5 Å². The molecule has 3 aromatic rings. The molecule has 1 aliphatic rings. The second kappa shape index (κ2) is 4.99. The van der Waals surface area contributed by atoms with Crippen molar-refractivity contribution in [3.63, 3.8) is 0 Å². The van der Waals surface area contributed by atoms with Gasteiger partial charge in [0.2, 0.25) is 6.79 Å². The molecule has 0 radical (unpaired) electrons. The molecular weight excluding hydrogens is 302 g/mol. The lowest BCUT2D eigenvalue weighted by Crippen LogP contribution is -2.03. The van der Waals surface area contributed by atoms with Crippen molar-refractivity contribution in [3.05, 3.63) is 54.2 Å². The third-order valence-corrected chi connectivity index (χ3v) is 4.88. The van der Waals surface area contributed by atoms with Crippen LogP contribution in [-0.2, 0) is 11.0 Å². The van der Waals surface area contributed by atoms with Gasteiger partial charge < -0.3 is 9.47 Å². The van der Waals surface area contributed by atoms with Crippen molar-refractivity contribution >= 4 is 28.2 Å². The molecule has 4 rings (SSSR count). The maximum atomic E-state index is 12.8. The molecule has 0 saturated heterocycles. The van der Waals surface area contributed by atoms with Crippen LogP contribution in [0.25, 0.3) is 10.9 Å². The highest BCUT2D eigenvalue weighted by Gasteiger charge is 2.20. The lowest BCUT2D eigenvalue weighted by atomic mass is 10.2. The second-order valence-corrected chi connectivity index (χ2v) is 6.18. The van der Waals surface area contributed by atoms with Crippen LogP contribution in [0.1, 0.15) is 10.4 Å². The average Bonchev–Trinajstić information content (AvgIpc) is 3.16. The standard InChI is InChI=1S/C16H11NO4S/c18-9-11-8-17(22(19)12-4-2-1-3-5-12)14-7-16-15(6-13(11)14)20-10-21-16/h1-9H,10H2. The van der Waals surface area contributed by atoms with Crippen molar-refractivity contribution in [2.75, 3.05) is 6.79 Å². The number of hydrogen-bond donors (Lipinski definition) is 0. The predicted molar refractivity (Wildman–Crippen MR) is 81.7 cm³/mol. The molecule has 1 aromatic heterocycles. The van der Waals surface area contributed by atoms with Gasteiger partial charge in [0.15, 0.2) is 28.8 Å². The molecule has 0 amide bonds. The van der Waals surface area contributed by atoms with Crippen LogP contribution in [0, 0.1) is 0 Å². The van der Waals surface area contributed by atoms with Crippen molar-refractivity contribution in [1.82, 2.24) is 3.97 Å². The average molecular weight is 313 g/mol. The van der Waals surface area contributed by atoms with E-state index in [1.807, 2.05) is 18.2 Å². The molecule has 0 aliphatic carbocycles. The van der Waals surface area contributed by atoms with Gasteiger partial charge >= 0.3 is 0 Å². The van der Waals surface area contributed by atoms with Gasteiger partial charge in [0.25, 0.3) is 0 Å². The van der Waals surface area contributed by atoms with Gasteiger partial charge in [0, 0.05) is 23.2 Å². The fourth-order valence-electron chi connectivity index (χ4n) is 2.49. The summed E-state index contributed by atoms with van der Waals surface area (Å²) in [6.07, 6.45) is 2.35. The van der Waals surface area contributed by atoms with Gasteiger partial charge in [0.05, 0.1) is 10.4 Å². The van der Waals surface area contributed by atoms with Gasteiger partial charge in [-0.3, -0.25) is 8.77 Å². The largest absolute Gasteiger partial charge is 0.454 e. The van der Waals surface area contributed by atoms with Crippen LogP contribution in [0.2, 0.25) is 0 Å². The number of hydrogen-bond acceptors (Lipinski definition) is 4. The molecule has 1 aliphatic heterocycles. The molecule has 1 atom stereocenters. The van der Waals surface area contributed by atoms with E-state index in [1.54, 1.807) is 34.4 Å². The number of aromatic nitrogens is 1. The van der Waals surface area contributed by atoms with E-state index in [-0.39, 0.29) is 6.79 Å². The minimum Gasteiger partial charge on any atom is -0.454 e. The maximum absolute atomic E-state index is 12.8.